The van der Waals surface area contributed by atoms with Crippen LogP contribution in [0.3, 0.4) is 0 Å². The van der Waals surface area contributed by atoms with Gasteiger partial charge in [0, 0.05) is 0 Å². The highest BCUT2D eigenvalue weighted by Crippen LogP contribution is 2.41. The summed E-state index contributed by atoms with van der Waals surface area (Å²) in [6.45, 7) is 4.42. The van der Waals surface area contributed by atoms with Crippen molar-refractivity contribution < 1.29 is 0 Å². The monoisotopic (exact) mass is 428 g/mol. The Bertz CT molecular complexity index is 848. The first-order valence-electron chi connectivity index (χ1n) is 13.6. The zero-order valence-corrected chi connectivity index (χ0v) is 20.6. The van der Waals surface area contributed by atoms with Crippen LogP contribution in [-0.4, -0.2) is 0 Å². The molecule has 0 spiro atoms. The third kappa shape index (κ3) is 6.15. The molecule has 0 nitrogen and oxygen atoms in total. The van der Waals surface area contributed by atoms with Crippen LogP contribution in [0.4, 0.5) is 0 Å². The number of benzene rings is 2. The molecule has 0 aromatic heterocycles. The van der Waals surface area contributed by atoms with Crippen molar-refractivity contribution in [3.63, 3.8) is 0 Å². The Balaban J connectivity index is 1.32. The lowest BCUT2D eigenvalue weighted by Crippen LogP contribution is -2.26. The molecule has 0 saturated heterocycles. The smallest absolute Gasteiger partial charge is 0.0181 e. The normalized spacial score (nSPS) is 23.4. The van der Waals surface area contributed by atoms with Gasteiger partial charge in [-0.05, 0) is 97.4 Å². The molecule has 1 saturated carbocycles. The van der Waals surface area contributed by atoms with Crippen molar-refractivity contribution in [2.75, 3.05) is 0 Å². The molecule has 2 aliphatic rings. The van der Waals surface area contributed by atoms with E-state index in [1.807, 2.05) is 0 Å². The highest BCUT2D eigenvalue weighted by atomic mass is 14.3. The molecule has 2 aromatic rings. The lowest BCUT2D eigenvalue weighted by molar-refractivity contribution is 0.183. The van der Waals surface area contributed by atoms with E-state index in [0.29, 0.717) is 0 Å². The van der Waals surface area contributed by atoms with E-state index < -0.39 is 0 Å². The average Bonchev–Trinajstić information content (AvgIpc) is 2.85. The second kappa shape index (κ2) is 11.9. The van der Waals surface area contributed by atoms with Crippen LogP contribution in [0, 0.1) is 17.8 Å². The van der Waals surface area contributed by atoms with E-state index in [9.17, 15) is 0 Å². The van der Waals surface area contributed by atoms with Crippen molar-refractivity contribution >= 4 is 0 Å². The van der Waals surface area contributed by atoms with Crippen molar-refractivity contribution in [1.29, 1.82) is 0 Å². The number of hydrogen-bond donors (Lipinski definition) is 0. The second-order valence-corrected chi connectivity index (χ2v) is 10.6. The van der Waals surface area contributed by atoms with Crippen molar-refractivity contribution in [3.8, 4) is 11.1 Å². The average molecular weight is 429 g/mol. The predicted octanol–water partition coefficient (Wildman–Crippen LogP) is 9.35. The summed E-state index contributed by atoms with van der Waals surface area (Å²) in [6, 6.07) is 16.6. The molecule has 1 fully saturated rings. The van der Waals surface area contributed by atoms with E-state index in [-0.39, 0.29) is 0 Å². The van der Waals surface area contributed by atoms with Gasteiger partial charge in [0.15, 0.2) is 0 Å². The molecule has 0 heteroatoms. The Morgan fingerprint density at radius 1 is 0.812 bits per heavy atom. The summed E-state index contributed by atoms with van der Waals surface area (Å²) in [5.74, 6) is 2.95. The maximum Gasteiger partial charge on any atom is -0.0181 e. The van der Waals surface area contributed by atoms with Gasteiger partial charge in [0.25, 0.3) is 0 Å². The Hall–Kier alpha value is -1.82. The molecule has 4 rings (SSSR count). The lowest BCUT2D eigenvalue weighted by Gasteiger charge is -2.36. The maximum atomic E-state index is 2.49. The van der Waals surface area contributed by atoms with Gasteiger partial charge in [-0.2, -0.15) is 0 Å². The van der Waals surface area contributed by atoms with Crippen LogP contribution >= 0.6 is 0 Å². The largest absolute Gasteiger partial charge is 0.0917 e. The molecule has 2 aromatic carbocycles. The molecule has 0 heterocycles. The Kier molecular flexibility index (Phi) is 8.66. The van der Waals surface area contributed by atoms with Gasteiger partial charge < -0.3 is 0 Å². The van der Waals surface area contributed by atoms with Crippen molar-refractivity contribution in [1.82, 2.24) is 0 Å². The number of unbranched alkanes of at least 4 members (excludes halogenated alkanes) is 2. The molecule has 0 aliphatic heterocycles. The first-order chi connectivity index (χ1) is 15.8. The summed E-state index contributed by atoms with van der Waals surface area (Å²) in [7, 11) is 0. The zero-order chi connectivity index (χ0) is 22.2. The highest BCUT2D eigenvalue weighted by molar-refractivity contribution is 5.65. The van der Waals surface area contributed by atoms with Gasteiger partial charge in [-0.25, -0.2) is 0 Å². The third-order valence-corrected chi connectivity index (χ3v) is 8.37. The van der Waals surface area contributed by atoms with Gasteiger partial charge in [0.2, 0.25) is 0 Å². The molecule has 0 amide bonds. The van der Waals surface area contributed by atoms with Crippen LogP contribution in [0.5, 0.6) is 0 Å². The molecule has 1 unspecified atom stereocenters. The summed E-state index contributed by atoms with van der Waals surface area (Å²) in [5, 5.41) is 0. The van der Waals surface area contributed by atoms with Gasteiger partial charge in [-0.3, -0.25) is 0 Å². The summed E-state index contributed by atoms with van der Waals surface area (Å²) in [5.41, 5.74) is 7.45. The van der Waals surface area contributed by atoms with Crippen LogP contribution in [0.25, 0.3) is 11.1 Å². The molecule has 0 radical (unpaired) electrons. The van der Waals surface area contributed by atoms with Gasteiger partial charge in [-0.15, -0.1) is 0 Å². The summed E-state index contributed by atoms with van der Waals surface area (Å²) >= 11 is 0. The molecule has 0 bridgehead atoms. The first kappa shape index (κ1) is 23.3. The van der Waals surface area contributed by atoms with Crippen LogP contribution in [-0.2, 0) is 19.3 Å². The minimum absolute atomic E-state index is 0.932. The molecule has 1 atom stereocenters. The molecular formula is C32H44. The molecule has 2 aliphatic carbocycles. The van der Waals surface area contributed by atoms with Crippen LogP contribution < -0.4 is 0 Å². The lowest BCUT2D eigenvalue weighted by atomic mass is 9.69. The first-order valence-corrected chi connectivity index (χ1v) is 13.6. The Labute approximate surface area is 197 Å². The van der Waals surface area contributed by atoms with Gasteiger partial charge in [0.1, 0.15) is 0 Å². The molecule has 172 valence electrons. The maximum absolute atomic E-state index is 2.49. The summed E-state index contributed by atoms with van der Waals surface area (Å²) in [6.07, 6.45) is 22.4. The molecule has 32 heavy (non-hydrogen) atoms. The standard InChI is InChI=1S/C32H44/c1-3-5-7-9-25-11-15-27(16-12-25)29-19-21-32-24-30(20-22-31(32)23-29)28-17-13-26(14-18-28)10-8-6-4-2/h3,5,11-12,15-16,19,21,23,26,28,30H,4,6-10,13-14,17-18,20,22,24H2,1-2H3/b5-3+. The van der Waals surface area contributed by atoms with Gasteiger partial charge in [-0.1, -0.05) is 100 Å². The SMILES string of the molecule is C/C=C/CCc1ccc(-c2ccc3c(c2)CCC(C2CCC(CCCCC)CC2)C3)cc1. The third-order valence-electron chi connectivity index (χ3n) is 8.37. The van der Waals surface area contributed by atoms with Gasteiger partial charge in [0.05, 0.1) is 0 Å². The van der Waals surface area contributed by atoms with Crippen LogP contribution in [0.2, 0.25) is 0 Å². The number of rotatable bonds is 9. The fourth-order valence-electron chi connectivity index (χ4n) is 6.28. The molecule has 0 N–H and O–H groups in total. The summed E-state index contributed by atoms with van der Waals surface area (Å²) in [4.78, 5) is 0. The van der Waals surface area contributed by atoms with E-state index in [1.165, 1.54) is 87.3 Å². The van der Waals surface area contributed by atoms with E-state index in [0.717, 1.165) is 30.6 Å². The number of hydrogen-bond acceptors (Lipinski definition) is 0. The van der Waals surface area contributed by atoms with E-state index in [4.69, 9.17) is 0 Å². The van der Waals surface area contributed by atoms with E-state index in [2.05, 4.69) is 68.5 Å². The zero-order valence-electron chi connectivity index (χ0n) is 20.6. The van der Waals surface area contributed by atoms with E-state index in [1.54, 1.807) is 11.1 Å². The number of allylic oxidation sites excluding steroid dienone is 2. The fourth-order valence-corrected chi connectivity index (χ4v) is 6.28. The van der Waals surface area contributed by atoms with E-state index >= 15 is 0 Å². The van der Waals surface area contributed by atoms with Crippen molar-refractivity contribution in [2.24, 2.45) is 17.8 Å². The predicted molar refractivity (Wildman–Crippen MR) is 140 cm³/mol. The van der Waals surface area contributed by atoms with Crippen LogP contribution in [0.15, 0.2) is 54.6 Å². The number of fused-ring (bicyclic) bond motifs is 1. The summed E-state index contributed by atoms with van der Waals surface area (Å²) < 4.78 is 0. The minimum atomic E-state index is 0.932. The second-order valence-electron chi connectivity index (χ2n) is 10.6. The van der Waals surface area contributed by atoms with Crippen molar-refractivity contribution in [3.05, 3.63) is 71.3 Å². The fraction of sp³-hybridized carbons (Fsp3) is 0.562. The van der Waals surface area contributed by atoms with Crippen LogP contribution in [0.1, 0.15) is 94.7 Å². The Morgan fingerprint density at radius 3 is 2.34 bits per heavy atom. The number of aryl methyl sites for hydroxylation is 2. The molecular weight excluding hydrogens is 384 g/mol. The van der Waals surface area contributed by atoms with Gasteiger partial charge >= 0.3 is 0 Å². The Morgan fingerprint density at radius 2 is 1.59 bits per heavy atom. The minimum Gasteiger partial charge on any atom is -0.0917 e. The quantitative estimate of drug-likeness (QED) is 0.275. The van der Waals surface area contributed by atoms with Crippen molar-refractivity contribution in [2.45, 2.75) is 97.3 Å². The topological polar surface area (TPSA) is 0 Å². The highest BCUT2D eigenvalue weighted by Gasteiger charge is 2.30.